The number of pyridine rings is 1. The van der Waals surface area contributed by atoms with Crippen LogP contribution in [0.3, 0.4) is 0 Å². The van der Waals surface area contributed by atoms with Crippen LogP contribution in [0.1, 0.15) is 40.8 Å². The van der Waals surface area contributed by atoms with Crippen LogP contribution in [0, 0.1) is 6.92 Å². The Morgan fingerprint density at radius 3 is 2.36 bits per heavy atom. The quantitative estimate of drug-likeness (QED) is 0.143. The van der Waals surface area contributed by atoms with Gasteiger partial charge in [-0.25, -0.2) is 0 Å². The zero-order chi connectivity index (χ0) is 29.6. The number of hydrogen-bond donors (Lipinski definition) is 1. The van der Waals surface area contributed by atoms with Crippen molar-refractivity contribution in [2.45, 2.75) is 33.0 Å². The normalized spacial score (nSPS) is 16.0. The van der Waals surface area contributed by atoms with Gasteiger partial charge in [0.2, 0.25) is 0 Å². The highest BCUT2D eigenvalue weighted by molar-refractivity contribution is 6.46. The number of Topliss-reactive ketones (excluding diaryl/α,β-unsaturated/α-hetero) is 1. The fraction of sp³-hybridized carbons (Fsp3) is 0.206. The highest BCUT2D eigenvalue weighted by Gasteiger charge is 2.46. The highest BCUT2D eigenvalue weighted by Crippen LogP contribution is 2.43. The van der Waals surface area contributed by atoms with Gasteiger partial charge in [0.05, 0.1) is 25.3 Å². The number of likely N-dealkylation sites (tertiary alicyclic amines) is 1. The van der Waals surface area contributed by atoms with E-state index in [0.29, 0.717) is 41.6 Å². The number of methoxy groups -OCH3 is 1. The van der Waals surface area contributed by atoms with Gasteiger partial charge in [-0.2, -0.15) is 0 Å². The molecule has 1 aliphatic rings. The van der Waals surface area contributed by atoms with Crippen molar-refractivity contribution in [2.24, 2.45) is 0 Å². The summed E-state index contributed by atoms with van der Waals surface area (Å²) in [6.45, 7) is 4.70. The first-order chi connectivity index (χ1) is 20.4. The second kappa shape index (κ2) is 12.6. The van der Waals surface area contributed by atoms with Crippen molar-refractivity contribution >= 4 is 17.4 Å². The average molecular weight is 565 g/mol. The molecule has 8 nitrogen and oxygen atoms in total. The van der Waals surface area contributed by atoms with Gasteiger partial charge in [-0.05, 0) is 72.5 Å². The van der Waals surface area contributed by atoms with Gasteiger partial charge in [-0.3, -0.25) is 14.6 Å². The van der Waals surface area contributed by atoms with E-state index in [2.05, 4.69) is 4.98 Å². The van der Waals surface area contributed by atoms with Gasteiger partial charge in [0, 0.05) is 24.5 Å². The number of aliphatic hydroxyl groups is 1. The Kier molecular flexibility index (Phi) is 8.52. The van der Waals surface area contributed by atoms with Crippen LogP contribution in [0.5, 0.6) is 17.2 Å². The maximum atomic E-state index is 13.5. The molecule has 1 amide bonds. The maximum absolute atomic E-state index is 13.5. The van der Waals surface area contributed by atoms with Crippen LogP contribution in [0.4, 0.5) is 0 Å². The van der Waals surface area contributed by atoms with Crippen molar-refractivity contribution in [3.05, 3.63) is 125 Å². The predicted molar refractivity (Wildman–Crippen MR) is 158 cm³/mol. The molecule has 0 saturated carbocycles. The molecule has 1 saturated heterocycles. The molecule has 1 atom stereocenters. The third-order valence-corrected chi connectivity index (χ3v) is 7.10. The van der Waals surface area contributed by atoms with E-state index in [0.717, 1.165) is 16.7 Å². The zero-order valence-electron chi connectivity index (χ0n) is 23.7. The van der Waals surface area contributed by atoms with Crippen molar-refractivity contribution in [1.29, 1.82) is 0 Å². The number of hydrogen-bond acceptors (Lipinski definition) is 7. The zero-order valence-corrected chi connectivity index (χ0v) is 23.7. The molecular weight excluding hydrogens is 532 g/mol. The molecule has 1 fully saturated rings. The average Bonchev–Trinajstić information content (AvgIpc) is 3.26. The van der Waals surface area contributed by atoms with Crippen molar-refractivity contribution in [3.8, 4) is 17.2 Å². The summed E-state index contributed by atoms with van der Waals surface area (Å²) in [4.78, 5) is 32.6. The molecule has 1 N–H and O–H groups in total. The molecule has 3 aromatic carbocycles. The first-order valence-electron chi connectivity index (χ1n) is 13.7. The Morgan fingerprint density at radius 1 is 0.905 bits per heavy atom. The Labute approximate surface area is 244 Å². The number of benzene rings is 3. The van der Waals surface area contributed by atoms with Gasteiger partial charge >= 0.3 is 0 Å². The number of ketones is 1. The Hall–Kier alpha value is -5.11. The number of aryl methyl sites for hydroxylation is 1. The number of aliphatic hydroxyl groups excluding tert-OH is 1. The molecule has 0 bridgehead atoms. The van der Waals surface area contributed by atoms with E-state index in [9.17, 15) is 14.7 Å². The molecule has 8 heteroatoms. The third-order valence-electron chi connectivity index (χ3n) is 7.10. The number of carbonyl (C=O) groups is 2. The van der Waals surface area contributed by atoms with Crippen LogP contribution in [-0.4, -0.2) is 40.4 Å². The van der Waals surface area contributed by atoms with Crippen molar-refractivity contribution in [3.63, 3.8) is 0 Å². The molecule has 0 spiro atoms. The van der Waals surface area contributed by atoms with Gasteiger partial charge in [-0.15, -0.1) is 0 Å². The minimum absolute atomic E-state index is 0.00698. The first-order valence-corrected chi connectivity index (χ1v) is 13.7. The molecule has 4 aromatic rings. The number of carbonyl (C=O) groups excluding carboxylic acids is 2. The number of aromatic nitrogens is 1. The van der Waals surface area contributed by atoms with Crippen molar-refractivity contribution in [2.75, 3.05) is 13.7 Å². The molecule has 214 valence electrons. The summed E-state index contributed by atoms with van der Waals surface area (Å²) in [5, 5.41) is 11.6. The minimum atomic E-state index is -0.871. The van der Waals surface area contributed by atoms with E-state index in [-0.39, 0.29) is 17.9 Å². The second-order valence-electron chi connectivity index (χ2n) is 9.89. The molecular formula is C34H32N2O6. The topological polar surface area (TPSA) is 98.2 Å². The summed E-state index contributed by atoms with van der Waals surface area (Å²) in [6.07, 6.45) is 3.29. The SMILES string of the molecule is CCOc1ccc(C2/C(=C(\O)c3ccc(OCc4ccccc4)c(C)c3)C(=O)C(=O)N2Cc2cccnc2)cc1OC. The molecule has 5 rings (SSSR count). The van der Waals surface area contributed by atoms with Crippen LogP contribution in [-0.2, 0) is 22.7 Å². The maximum Gasteiger partial charge on any atom is 0.295 e. The Bertz CT molecular complexity index is 1620. The van der Waals surface area contributed by atoms with E-state index in [1.165, 1.54) is 12.0 Å². The summed E-state index contributed by atoms with van der Waals surface area (Å²) in [5.74, 6) is -0.0984. The molecule has 2 heterocycles. The highest BCUT2D eigenvalue weighted by atomic mass is 16.5. The van der Waals surface area contributed by atoms with Crippen LogP contribution in [0.2, 0.25) is 0 Å². The number of ether oxygens (including phenoxy) is 3. The summed E-state index contributed by atoms with van der Waals surface area (Å²) >= 11 is 0. The smallest absolute Gasteiger partial charge is 0.295 e. The van der Waals surface area contributed by atoms with E-state index < -0.39 is 17.7 Å². The molecule has 0 radical (unpaired) electrons. The fourth-order valence-corrected chi connectivity index (χ4v) is 5.06. The van der Waals surface area contributed by atoms with E-state index in [1.807, 2.05) is 50.2 Å². The monoisotopic (exact) mass is 564 g/mol. The number of nitrogens with zero attached hydrogens (tertiary/aromatic N) is 2. The molecule has 42 heavy (non-hydrogen) atoms. The standard InChI is InChI=1S/C34H32N2O6/c1-4-41-28-15-12-25(18-29(28)40-3)31-30(33(38)34(39)36(31)20-24-11-8-16-35-19-24)32(37)26-13-14-27(22(2)17-26)42-21-23-9-6-5-7-10-23/h5-19,31,37H,4,20-21H2,1-3H3/b32-30+. The van der Waals surface area contributed by atoms with E-state index >= 15 is 0 Å². The first kappa shape index (κ1) is 28.4. The van der Waals surface area contributed by atoms with Crippen molar-refractivity contribution in [1.82, 2.24) is 9.88 Å². The largest absolute Gasteiger partial charge is 0.507 e. The van der Waals surface area contributed by atoms with Gasteiger partial charge in [0.1, 0.15) is 18.1 Å². The van der Waals surface area contributed by atoms with Crippen LogP contribution in [0.25, 0.3) is 5.76 Å². The lowest BCUT2D eigenvalue weighted by molar-refractivity contribution is -0.140. The summed E-state index contributed by atoms with van der Waals surface area (Å²) in [7, 11) is 1.53. The minimum Gasteiger partial charge on any atom is -0.507 e. The second-order valence-corrected chi connectivity index (χ2v) is 9.89. The van der Waals surface area contributed by atoms with Gasteiger partial charge in [0.25, 0.3) is 11.7 Å². The lowest BCUT2D eigenvalue weighted by Gasteiger charge is -2.26. The third kappa shape index (κ3) is 5.83. The van der Waals surface area contributed by atoms with E-state index in [4.69, 9.17) is 14.2 Å². The molecule has 1 unspecified atom stereocenters. The van der Waals surface area contributed by atoms with Crippen molar-refractivity contribution < 1.29 is 28.9 Å². The molecule has 1 aliphatic heterocycles. The fourth-order valence-electron chi connectivity index (χ4n) is 5.06. The molecule has 1 aromatic heterocycles. The summed E-state index contributed by atoms with van der Waals surface area (Å²) in [6, 6.07) is 23.0. The summed E-state index contributed by atoms with van der Waals surface area (Å²) in [5.41, 5.74) is 3.55. The number of rotatable bonds is 10. The van der Waals surface area contributed by atoms with Gasteiger partial charge in [-0.1, -0.05) is 42.5 Å². The van der Waals surface area contributed by atoms with Crippen LogP contribution in [0.15, 0.2) is 96.8 Å². The number of amides is 1. The lowest BCUT2D eigenvalue weighted by atomic mass is 9.94. The van der Waals surface area contributed by atoms with Gasteiger partial charge < -0.3 is 24.2 Å². The summed E-state index contributed by atoms with van der Waals surface area (Å²) < 4.78 is 17.2. The van der Waals surface area contributed by atoms with Gasteiger partial charge in [0.15, 0.2) is 11.5 Å². The Balaban J connectivity index is 1.55. The van der Waals surface area contributed by atoms with Crippen LogP contribution >= 0.6 is 0 Å². The molecule has 0 aliphatic carbocycles. The Morgan fingerprint density at radius 2 is 1.67 bits per heavy atom. The van der Waals surface area contributed by atoms with E-state index in [1.54, 1.807) is 54.9 Å². The predicted octanol–water partition coefficient (Wildman–Crippen LogP) is 6.00. The van der Waals surface area contributed by atoms with Crippen LogP contribution < -0.4 is 14.2 Å². The lowest BCUT2D eigenvalue weighted by Crippen LogP contribution is -2.29.